The normalized spacial score (nSPS) is 17.3. The zero-order valence-electron chi connectivity index (χ0n) is 17.8. The van der Waals surface area contributed by atoms with Crippen LogP contribution in [0.25, 0.3) is 0 Å². The number of fused-ring (bicyclic) bond motifs is 1. The van der Waals surface area contributed by atoms with Crippen LogP contribution >= 0.6 is 0 Å². The molecule has 192 valence electrons. The van der Waals surface area contributed by atoms with Crippen molar-refractivity contribution in [3.05, 3.63) is 48.0 Å². The molecule has 0 aromatic heterocycles. The second-order valence-corrected chi connectivity index (χ2v) is 9.45. The smallest absolute Gasteiger partial charge is 0.416 e. The van der Waals surface area contributed by atoms with Gasteiger partial charge in [-0.1, -0.05) is 6.07 Å². The van der Waals surface area contributed by atoms with Gasteiger partial charge in [-0.15, -0.1) is 0 Å². The number of benzene rings is 2. The molecule has 2 aromatic carbocycles. The van der Waals surface area contributed by atoms with Crippen LogP contribution in [-0.4, -0.2) is 51.0 Å². The zero-order chi connectivity index (χ0) is 26.2. The lowest BCUT2D eigenvalue weighted by atomic mass is 10.2. The molecule has 0 spiro atoms. The fourth-order valence-electron chi connectivity index (χ4n) is 3.23. The van der Waals surface area contributed by atoms with E-state index >= 15 is 0 Å². The third-order valence-electron chi connectivity index (χ3n) is 5.03. The minimum Gasteiger partial charge on any atom is -0.485 e. The van der Waals surface area contributed by atoms with Crippen LogP contribution in [0.15, 0.2) is 47.4 Å². The van der Waals surface area contributed by atoms with Crippen molar-refractivity contribution >= 4 is 27.5 Å². The minimum atomic E-state index is -4.83. The summed E-state index contributed by atoms with van der Waals surface area (Å²) in [7, 11) is -4.68. The maximum Gasteiger partial charge on any atom is 0.416 e. The Morgan fingerprint density at radius 3 is 2.46 bits per heavy atom. The molecule has 0 radical (unpaired) electrons. The summed E-state index contributed by atoms with van der Waals surface area (Å²) in [5, 5.41) is 13.1. The van der Waals surface area contributed by atoms with Crippen LogP contribution in [0.4, 0.5) is 42.5 Å². The quantitative estimate of drug-likeness (QED) is 0.484. The number of sulfonamides is 1. The first-order valence-corrected chi connectivity index (χ1v) is 11.3. The molecular formula is C20H19F6N3O5S. The van der Waals surface area contributed by atoms with Crippen molar-refractivity contribution in [3.8, 4) is 5.75 Å². The Balaban J connectivity index is 2.02. The number of halogens is 6. The Morgan fingerprint density at radius 1 is 1.17 bits per heavy atom. The number of ether oxygens (including phenoxy) is 1. The molecule has 0 fully saturated rings. The van der Waals surface area contributed by atoms with Gasteiger partial charge in [0.15, 0.2) is 0 Å². The first-order chi connectivity index (χ1) is 16.1. The van der Waals surface area contributed by atoms with E-state index in [1.54, 1.807) is 0 Å². The molecule has 0 saturated carbocycles. The minimum absolute atomic E-state index is 0.0636. The third-order valence-corrected chi connectivity index (χ3v) is 6.81. The van der Waals surface area contributed by atoms with Crippen molar-refractivity contribution in [1.82, 2.24) is 5.32 Å². The van der Waals surface area contributed by atoms with Crippen LogP contribution < -0.4 is 19.7 Å². The molecule has 1 aliphatic heterocycles. The molecular weight excluding hydrogens is 508 g/mol. The molecule has 8 nitrogen and oxygen atoms in total. The van der Waals surface area contributed by atoms with Gasteiger partial charge < -0.3 is 15.2 Å². The van der Waals surface area contributed by atoms with Crippen molar-refractivity contribution in [2.75, 3.05) is 22.7 Å². The second kappa shape index (κ2) is 9.45. The van der Waals surface area contributed by atoms with E-state index in [0.717, 1.165) is 25.1 Å². The molecule has 15 heteroatoms. The van der Waals surface area contributed by atoms with E-state index in [1.807, 2.05) is 5.32 Å². The van der Waals surface area contributed by atoms with Crippen LogP contribution in [0, 0.1) is 0 Å². The van der Waals surface area contributed by atoms with Crippen LogP contribution in [0.2, 0.25) is 0 Å². The molecule has 2 aromatic rings. The number of carbonyl (C=O) groups is 1. The summed E-state index contributed by atoms with van der Waals surface area (Å²) in [4.78, 5) is 10.3. The van der Waals surface area contributed by atoms with Crippen LogP contribution in [0.3, 0.4) is 0 Å². The molecule has 3 rings (SSSR count). The number of nitrogens with one attached hydrogen (secondary N) is 2. The van der Waals surface area contributed by atoms with Gasteiger partial charge in [-0.05, 0) is 43.3 Å². The Bertz CT molecular complexity index is 1200. The topological polar surface area (TPSA) is 108 Å². The monoisotopic (exact) mass is 527 g/mol. The maximum atomic E-state index is 13.4. The van der Waals surface area contributed by atoms with Crippen LogP contribution in [0.1, 0.15) is 12.5 Å². The van der Waals surface area contributed by atoms with Gasteiger partial charge in [0.25, 0.3) is 10.0 Å². The fourth-order valence-corrected chi connectivity index (χ4v) is 4.78. The molecule has 0 bridgehead atoms. The molecule has 3 N–H and O–H groups in total. The average molecular weight is 527 g/mol. The number of rotatable bonds is 6. The van der Waals surface area contributed by atoms with Gasteiger partial charge in [-0.25, -0.2) is 13.2 Å². The highest BCUT2D eigenvalue weighted by atomic mass is 32.2. The van der Waals surface area contributed by atoms with E-state index in [-0.39, 0.29) is 17.1 Å². The summed E-state index contributed by atoms with van der Waals surface area (Å²) in [5.74, 6) is -0.116. The predicted octanol–water partition coefficient (Wildman–Crippen LogP) is 4.29. The number of alkyl halides is 6. The van der Waals surface area contributed by atoms with E-state index in [1.165, 1.54) is 12.1 Å². The first-order valence-electron chi connectivity index (χ1n) is 9.90. The summed E-state index contributed by atoms with van der Waals surface area (Å²) >= 11 is 0. The van der Waals surface area contributed by atoms with Crippen molar-refractivity contribution in [2.24, 2.45) is 0 Å². The van der Waals surface area contributed by atoms with E-state index in [2.05, 4.69) is 5.32 Å². The molecule has 1 heterocycles. The lowest BCUT2D eigenvalue weighted by Crippen LogP contribution is -2.50. The van der Waals surface area contributed by atoms with Crippen LogP contribution in [-0.2, 0) is 16.2 Å². The zero-order valence-corrected chi connectivity index (χ0v) is 18.6. The molecule has 2 atom stereocenters. The standard InChI is InChI=1S/C20H19F6N3O5S/c1-11(19(21,22)23)27-9-14-10-29(16-8-13(28-18(30)31)5-6-17(16)34-14)35(32,33)15-4-2-3-12(7-15)20(24,25)26/h2-8,11,14,27-28H,9-10H2,1H3,(H,30,31)/t11?,14-/m0/s1. The van der Waals surface area contributed by atoms with E-state index in [9.17, 15) is 39.6 Å². The molecule has 1 unspecified atom stereocenters. The SMILES string of the molecule is CC(NC[C@H]1CN(S(=O)(=O)c2cccc(C(F)(F)F)c2)c2cc(NC(=O)O)ccc2O1)C(F)(F)F. The number of nitrogens with zero attached hydrogens (tertiary/aromatic N) is 1. The average Bonchev–Trinajstić information content (AvgIpc) is 2.75. The number of hydrogen-bond acceptors (Lipinski definition) is 5. The largest absolute Gasteiger partial charge is 0.485 e. The summed E-state index contributed by atoms with van der Waals surface area (Å²) in [5.41, 5.74) is -1.48. The summed E-state index contributed by atoms with van der Waals surface area (Å²) in [6.45, 7) is -0.138. The Kier molecular flexibility index (Phi) is 7.13. The summed E-state index contributed by atoms with van der Waals surface area (Å²) in [6, 6.07) is 4.56. The first kappa shape index (κ1) is 26.4. The van der Waals surface area contributed by atoms with Crippen LogP contribution in [0.5, 0.6) is 5.75 Å². The molecule has 1 aliphatic rings. The fraction of sp³-hybridized carbons (Fsp3) is 0.350. The molecule has 35 heavy (non-hydrogen) atoms. The van der Waals surface area contributed by atoms with Crippen molar-refractivity contribution in [1.29, 1.82) is 0 Å². The lowest BCUT2D eigenvalue weighted by molar-refractivity contribution is -0.152. The summed E-state index contributed by atoms with van der Waals surface area (Å²) in [6.07, 6.45) is -12.0. The van der Waals surface area contributed by atoms with E-state index < -0.39 is 64.2 Å². The van der Waals surface area contributed by atoms with Crippen molar-refractivity contribution in [3.63, 3.8) is 0 Å². The van der Waals surface area contributed by atoms with Gasteiger partial charge in [0.2, 0.25) is 0 Å². The predicted molar refractivity (Wildman–Crippen MR) is 112 cm³/mol. The maximum absolute atomic E-state index is 13.4. The number of carboxylic acid groups (broad SMARTS) is 1. The van der Waals surface area contributed by atoms with Crippen molar-refractivity contribution < 1.29 is 49.4 Å². The third kappa shape index (κ3) is 6.08. The Labute approximate surface area is 195 Å². The highest BCUT2D eigenvalue weighted by molar-refractivity contribution is 7.92. The van der Waals surface area contributed by atoms with Crippen molar-refractivity contribution in [2.45, 2.75) is 36.3 Å². The Hall–Kier alpha value is -3.20. The molecule has 0 aliphatic carbocycles. The lowest BCUT2D eigenvalue weighted by Gasteiger charge is -2.36. The van der Waals surface area contributed by atoms with Gasteiger partial charge in [0.05, 0.1) is 22.7 Å². The van der Waals surface area contributed by atoms with Gasteiger partial charge >= 0.3 is 18.4 Å². The number of anilines is 2. The number of amides is 1. The highest BCUT2D eigenvalue weighted by Gasteiger charge is 2.39. The van der Waals surface area contributed by atoms with Gasteiger partial charge in [0.1, 0.15) is 17.9 Å². The molecule has 0 saturated heterocycles. The van der Waals surface area contributed by atoms with Gasteiger partial charge in [-0.3, -0.25) is 9.62 Å². The van der Waals surface area contributed by atoms with Gasteiger partial charge in [-0.2, -0.15) is 26.3 Å². The highest BCUT2D eigenvalue weighted by Crippen LogP contribution is 2.40. The molecule has 1 amide bonds. The second-order valence-electron chi connectivity index (χ2n) is 7.59. The van der Waals surface area contributed by atoms with Gasteiger partial charge in [0, 0.05) is 12.2 Å². The Morgan fingerprint density at radius 2 is 1.86 bits per heavy atom. The number of hydrogen-bond donors (Lipinski definition) is 3. The van der Waals surface area contributed by atoms with E-state index in [0.29, 0.717) is 16.4 Å². The summed E-state index contributed by atoms with van der Waals surface area (Å²) < 4.78 is 111. The van der Waals surface area contributed by atoms with E-state index in [4.69, 9.17) is 9.84 Å².